The van der Waals surface area contributed by atoms with E-state index in [2.05, 4.69) is 31.2 Å². The molecular weight excluding hydrogens is 214 g/mol. The van der Waals surface area contributed by atoms with E-state index in [0.29, 0.717) is 4.75 Å². The molecule has 0 unspecified atom stereocenters. The van der Waals surface area contributed by atoms with Gasteiger partial charge in [-0.2, -0.15) is 0 Å². The van der Waals surface area contributed by atoms with Crippen LogP contribution in [0.2, 0.25) is 0 Å². The molecule has 0 bridgehead atoms. The summed E-state index contributed by atoms with van der Waals surface area (Å²) in [6, 6.07) is 8.84. The van der Waals surface area contributed by atoms with Crippen molar-refractivity contribution in [1.29, 1.82) is 0 Å². The van der Waals surface area contributed by atoms with E-state index < -0.39 is 0 Å². The normalized spacial score (nSPS) is 19.6. The topological polar surface area (TPSA) is 26.0 Å². The number of rotatable bonds is 3. The molecule has 0 aliphatic heterocycles. The third-order valence-electron chi connectivity index (χ3n) is 3.49. The van der Waals surface area contributed by atoms with Gasteiger partial charge in [-0.25, -0.2) is 0 Å². The summed E-state index contributed by atoms with van der Waals surface area (Å²) in [6.07, 6.45) is 6.63. The van der Waals surface area contributed by atoms with Crippen molar-refractivity contribution in [3.05, 3.63) is 29.8 Å². The molecule has 88 valence electrons. The van der Waals surface area contributed by atoms with Crippen LogP contribution in [-0.2, 0) is 0 Å². The SMILES string of the molecule is Cc1ccc(SC2(CN)CCCCC2)cc1. The molecule has 2 rings (SSSR count). The monoisotopic (exact) mass is 235 g/mol. The quantitative estimate of drug-likeness (QED) is 0.863. The molecule has 0 saturated heterocycles. The predicted molar refractivity (Wildman–Crippen MR) is 71.9 cm³/mol. The largest absolute Gasteiger partial charge is 0.329 e. The lowest BCUT2D eigenvalue weighted by Gasteiger charge is -2.35. The van der Waals surface area contributed by atoms with Gasteiger partial charge < -0.3 is 5.73 Å². The summed E-state index contributed by atoms with van der Waals surface area (Å²) in [5, 5.41) is 0. The van der Waals surface area contributed by atoms with Crippen LogP contribution in [0.3, 0.4) is 0 Å². The Labute approximate surface area is 103 Å². The van der Waals surface area contributed by atoms with Gasteiger partial charge in [-0.05, 0) is 31.9 Å². The average Bonchev–Trinajstić information content (AvgIpc) is 2.33. The maximum absolute atomic E-state index is 6.00. The predicted octanol–water partition coefficient (Wildman–Crippen LogP) is 3.75. The lowest BCUT2D eigenvalue weighted by Crippen LogP contribution is -2.36. The van der Waals surface area contributed by atoms with E-state index in [1.165, 1.54) is 42.6 Å². The molecule has 1 nitrogen and oxygen atoms in total. The summed E-state index contributed by atoms with van der Waals surface area (Å²) in [5.41, 5.74) is 7.32. The van der Waals surface area contributed by atoms with Gasteiger partial charge >= 0.3 is 0 Å². The molecule has 0 amide bonds. The Morgan fingerprint density at radius 1 is 1.12 bits per heavy atom. The van der Waals surface area contributed by atoms with Gasteiger partial charge in [-0.3, -0.25) is 0 Å². The minimum absolute atomic E-state index is 0.313. The fraction of sp³-hybridized carbons (Fsp3) is 0.571. The van der Waals surface area contributed by atoms with Crippen LogP contribution in [0, 0.1) is 6.92 Å². The Hall–Kier alpha value is -0.470. The number of benzene rings is 1. The van der Waals surface area contributed by atoms with Gasteiger partial charge in [0.2, 0.25) is 0 Å². The molecule has 2 N–H and O–H groups in total. The summed E-state index contributed by atoms with van der Waals surface area (Å²) in [5.74, 6) is 0. The smallest absolute Gasteiger partial charge is 0.0329 e. The van der Waals surface area contributed by atoms with Crippen molar-refractivity contribution < 1.29 is 0 Å². The van der Waals surface area contributed by atoms with Crippen LogP contribution in [-0.4, -0.2) is 11.3 Å². The van der Waals surface area contributed by atoms with Crippen molar-refractivity contribution >= 4 is 11.8 Å². The Balaban J connectivity index is 2.08. The van der Waals surface area contributed by atoms with E-state index in [1.807, 2.05) is 11.8 Å². The Bertz CT molecular complexity index is 325. The molecule has 2 heteroatoms. The minimum atomic E-state index is 0.313. The van der Waals surface area contributed by atoms with Gasteiger partial charge in [0.15, 0.2) is 0 Å². The van der Waals surface area contributed by atoms with Gasteiger partial charge in [-0.15, -0.1) is 11.8 Å². The van der Waals surface area contributed by atoms with E-state index in [0.717, 1.165) is 6.54 Å². The zero-order chi connectivity index (χ0) is 11.4. The molecule has 1 aromatic carbocycles. The maximum atomic E-state index is 6.00. The van der Waals surface area contributed by atoms with Crippen molar-refractivity contribution in [2.24, 2.45) is 5.73 Å². The van der Waals surface area contributed by atoms with Crippen molar-refractivity contribution in [3.63, 3.8) is 0 Å². The van der Waals surface area contributed by atoms with Crippen LogP contribution < -0.4 is 5.73 Å². The van der Waals surface area contributed by atoms with E-state index >= 15 is 0 Å². The van der Waals surface area contributed by atoms with Crippen LogP contribution in [0.5, 0.6) is 0 Å². The molecule has 0 heterocycles. The molecule has 0 radical (unpaired) electrons. The average molecular weight is 235 g/mol. The molecule has 0 spiro atoms. The Morgan fingerprint density at radius 3 is 2.31 bits per heavy atom. The van der Waals surface area contributed by atoms with E-state index in [1.54, 1.807) is 0 Å². The second-order valence-corrected chi connectivity index (χ2v) is 6.40. The summed E-state index contributed by atoms with van der Waals surface area (Å²) in [4.78, 5) is 1.37. The van der Waals surface area contributed by atoms with Crippen LogP contribution in [0.15, 0.2) is 29.2 Å². The second kappa shape index (κ2) is 5.24. The van der Waals surface area contributed by atoms with Crippen molar-refractivity contribution in [2.45, 2.75) is 48.7 Å². The van der Waals surface area contributed by atoms with Gasteiger partial charge in [0.1, 0.15) is 0 Å². The molecule has 1 fully saturated rings. The highest BCUT2D eigenvalue weighted by atomic mass is 32.2. The van der Waals surface area contributed by atoms with Gasteiger partial charge in [-0.1, -0.05) is 37.0 Å². The third-order valence-corrected chi connectivity index (χ3v) is 5.01. The van der Waals surface area contributed by atoms with Gasteiger partial charge in [0.05, 0.1) is 0 Å². The zero-order valence-electron chi connectivity index (χ0n) is 10.0. The maximum Gasteiger partial charge on any atom is 0.0329 e. The van der Waals surface area contributed by atoms with Crippen molar-refractivity contribution in [3.8, 4) is 0 Å². The highest BCUT2D eigenvalue weighted by Gasteiger charge is 2.31. The van der Waals surface area contributed by atoms with Crippen LogP contribution in [0.4, 0.5) is 0 Å². The van der Waals surface area contributed by atoms with Gasteiger partial charge in [0.25, 0.3) is 0 Å². The van der Waals surface area contributed by atoms with Crippen LogP contribution in [0.1, 0.15) is 37.7 Å². The zero-order valence-corrected chi connectivity index (χ0v) is 10.9. The van der Waals surface area contributed by atoms with Crippen molar-refractivity contribution in [1.82, 2.24) is 0 Å². The highest BCUT2D eigenvalue weighted by Crippen LogP contribution is 2.43. The molecule has 0 atom stereocenters. The van der Waals surface area contributed by atoms with E-state index in [-0.39, 0.29) is 0 Å². The number of thioether (sulfide) groups is 1. The standard InChI is InChI=1S/C14H21NS/c1-12-5-7-13(8-6-12)16-14(11-15)9-3-2-4-10-14/h5-8H,2-4,9-11,15H2,1H3. The molecule has 1 aliphatic rings. The molecular formula is C14H21NS. The van der Waals surface area contributed by atoms with Crippen molar-refractivity contribution in [2.75, 3.05) is 6.54 Å². The first-order valence-electron chi connectivity index (χ1n) is 6.20. The lowest BCUT2D eigenvalue weighted by atomic mass is 9.88. The first kappa shape index (κ1) is 12.0. The minimum Gasteiger partial charge on any atom is -0.329 e. The first-order valence-corrected chi connectivity index (χ1v) is 7.02. The van der Waals surface area contributed by atoms with Crippen LogP contribution >= 0.6 is 11.8 Å². The number of nitrogens with two attached hydrogens (primary N) is 1. The number of hydrogen-bond donors (Lipinski definition) is 1. The number of hydrogen-bond acceptors (Lipinski definition) is 2. The summed E-state index contributed by atoms with van der Waals surface area (Å²) in [7, 11) is 0. The Morgan fingerprint density at radius 2 is 1.75 bits per heavy atom. The summed E-state index contributed by atoms with van der Waals surface area (Å²) in [6.45, 7) is 2.94. The molecule has 1 aromatic rings. The fourth-order valence-electron chi connectivity index (χ4n) is 2.40. The molecule has 1 aliphatic carbocycles. The fourth-order valence-corrected chi connectivity index (χ4v) is 3.75. The van der Waals surface area contributed by atoms with E-state index in [9.17, 15) is 0 Å². The van der Waals surface area contributed by atoms with Gasteiger partial charge in [0, 0.05) is 16.2 Å². The second-order valence-electron chi connectivity index (χ2n) is 4.86. The van der Waals surface area contributed by atoms with E-state index in [4.69, 9.17) is 5.73 Å². The number of aryl methyl sites for hydroxylation is 1. The summed E-state index contributed by atoms with van der Waals surface area (Å²) < 4.78 is 0.313. The highest BCUT2D eigenvalue weighted by molar-refractivity contribution is 8.00. The molecule has 1 saturated carbocycles. The lowest BCUT2D eigenvalue weighted by molar-refractivity contribution is 0.404. The molecule has 0 aromatic heterocycles. The first-order chi connectivity index (χ1) is 7.74. The Kier molecular flexibility index (Phi) is 3.93. The molecule has 16 heavy (non-hydrogen) atoms. The summed E-state index contributed by atoms with van der Waals surface area (Å²) >= 11 is 2.00. The van der Waals surface area contributed by atoms with Crippen LogP contribution in [0.25, 0.3) is 0 Å². The third kappa shape index (κ3) is 2.80.